The number of ether oxygens (including phenoxy) is 1. The Morgan fingerprint density at radius 1 is 1.77 bits per heavy atom. The number of carbonyl (C=O) groups is 1. The number of esters is 1. The van der Waals surface area contributed by atoms with Gasteiger partial charge in [-0.1, -0.05) is 6.08 Å². The summed E-state index contributed by atoms with van der Waals surface area (Å²) < 4.78 is 4.47. The minimum absolute atomic E-state index is 0.305. The van der Waals surface area contributed by atoms with Gasteiger partial charge in [-0.05, 0) is 12.2 Å². The zero-order valence-electron chi connectivity index (χ0n) is 7.10. The number of hydrogen-bond donors (Lipinski definition) is 1. The van der Waals surface area contributed by atoms with Crippen molar-refractivity contribution in [3.63, 3.8) is 0 Å². The quantitative estimate of drug-likeness (QED) is 0.582. The average Bonchev–Trinajstić information content (AvgIpc) is 2.17. The van der Waals surface area contributed by atoms with Crippen molar-refractivity contribution < 1.29 is 14.6 Å². The Hall–Kier alpha value is -1.60. The maximum atomic E-state index is 11.0. The molecule has 0 amide bonds. The SMILES string of the molecule is COC(=O)C1=CC(C#N)[C@@H](O)C=C1. The summed E-state index contributed by atoms with van der Waals surface area (Å²) in [4.78, 5) is 11.0. The molecule has 1 N–H and O–H groups in total. The molecule has 0 saturated heterocycles. The fourth-order valence-corrected chi connectivity index (χ4v) is 1.04. The lowest BCUT2D eigenvalue weighted by atomic mass is 9.95. The lowest BCUT2D eigenvalue weighted by Crippen LogP contribution is -2.19. The predicted molar refractivity (Wildman–Crippen MR) is 44.3 cm³/mol. The summed E-state index contributed by atoms with van der Waals surface area (Å²) in [6.07, 6.45) is 3.42. The number of nitrogens with zero attached hydrogens (tertiary/aromatic N) is 1. The van der Waals surface area contributed by atoms with E-state index in [0.29, 0.717) is 5.57 Å². The molecule has 0 aliphatic heterocycles. The molecular weight excluding hydrogens is 170 g/mol. The van der Waals surface area contributed by atoms with Crippen molar-refractivity contribution in [3.05, 3.63) is 23.8 Å². The van der Waals surface area contributed by atoms with E-state index >= 15 is 0 Å². The second kappa shape index (κ2) is 3.87. The van der Waals surface area contributed by atoms with Crippen LogP contribution in [0.15, 0.2) is 23.8 Å². The van der Waals surface area contributed by atoms with Crippen LogP contribution in [-0.2, 0) is 9.53 Å². The van der Waals surface area contributed by atoms with Gasteiger partial charge in [0.25, 0.3) is 0 Å². The highest BCUT2D eigenvalue weighted by Crippen LogP contribution is 2.17. The molecule has 4 heteroatoms. The van der Waals surface area contributed by atoms with Gasteiger partial charge in [0, 0.05) is 0 Å². The molecule has 0 spiro atoms. The first-order chi connectivity index (χ1) is 6.19. The molecule has 2 atom stereocenters. The Labute approximate surface area is 75.7 Å². The fourth-order valence-electron chi connectivity index (χ4n) is 1.04. The first-order valence-corrected chi connectivity index (χ1v) is 3.75. The number of aliphatic hydroxyl groups is 1. The van der Waals surface area contributed by atoms with Crippen molar-refractivity contribution in [2.45, 2.75) is 6.10 Å². The van der Waals surface area contributed by atoms with Gasteiger partial charge in [0.15, 0.2) is 0 Å². The number of aliphatic hydroxyl groups excluding tert-OH is 1. The lowest BCUT2D eigenvalue weighted by Gasteiger charge is -2.14. The Morgan fingerprint density at radius 3 is 3.00 bits per heavy atom. The molecule has 0 aromatic heterocycles. The molecule has 13 heavy (non-hydrogen) atoms. The van der Waals surface area contributed by atoms with Gasteiger partial charge in [0.1, 0.15) is 0 Å². The van der Waals surface area contributed by atoms with Crippen molar-refractivity contribution in [3.8, 4) is 6.07 Å². The molecule has 1 rings (SSSR count). The smallest absolute Gasteiger partial charge is 0.337 e. The van der Waals surface area contributed by atoms with E-state index in [-0.39, 0.29) is 0 Å². The van der Waals surface area contributed by atoms with Crippen molar-refractivity contribution in [2.24, 2.45) is 5.92 Å². The predicted octanol–water partition coefficient (Wildman–Crippen LogP) is 0.156. The van der Waals surface area contributed by atoms with E-state index in [1.807, 2.05) is 6.07 Å². The average molecular weight is 179 g/mol. The summed E-state index contributed by atoms with van der Waals surface area (Å²) in [5.74, 6) is -1.16. The molecule has 0 fully saturated rings. The molecule has 0 heterocycles. The summed E-state index contributed by atoms with van der Waals surface area (Å²) in [5, 5.41) is 17.8. The minimum atomic E-state index is -0.835. The Bertz CT molecular complexity index is 311. The number of methoxy groups -OCH3 is 1. The fraction of sp³-hybridized carbons (Fsp3) is 0.333. The van der Waals surface area contributed by atoms with Crippen LogP contribution in [0.1, 0.15) is 0 Å². The van der Waals surface area contributed by atoms with E-state index in [0.717, 1.165) is 0 Å². The van der Waals surface area contributed by atoms with E-state index in [9.17, 15) is 9.90 Å². The zero-order chi connectivity index (χ0) is 9.84. The molecule has 0 saturated carbocycles. The van der Waals surface area contributed by atoms with Gasteiger partial charge < -0.3 is 9.84 Å². The second-order valence-corrected chi connectivity index (χ2v) is 2.62. The van der Waals surface area contributed by atoms with Gasteiger partial charge >= 0.3 is 5.97 Å². The van der Waals surface area contributed by atoms with E-state index in [1.54, 1.807) is 0 Å². The molecule has 0 aromatic rings. The molecule has 68 valence electrons. The zero-order valence-corrected chi connectivity index (χ0v) is 7.10. The largest absolute Gasteiger partial charge is 0.465 e. The van der Waals surface area contributed by atoms with Crippen LogP contribution >= 0.6 is 0 Å². The maximum absolute atomic E-state index is 11.0. The van der Waals surface area contributed by atoms with Crippen molar-refractivity contribution in [1.29, 1.82) is 5.26 Å². The van der Waals surface area contributed by atoms with E-state index in [1.165, 1.54) is 25.3 Å². The van der Waals surface area contributed by atoms with Crippen molar-refractivity contribution >= 4 is 5.97 Å². The third-order valence-corrected chi connectivity index (χ3v) is 1.77. The van der Waals surface area contributed by atoms with Crippen LogP contribution in [0.5, 0.6) is 0 Å². The second-order valence-electron chi connectivity index (χ2n) is 2.62. The summed E-state index contributed by atoms with van der Waals surface area (Å²) in [5.41, 5.74) is 0.305. The molecule has 1 unspecified atom stereocenters. The topological polar surface area (TPSA) is 70.3 Å². The number of hydrogen-bond acceptors (Lipinski definition) is 4. The number of rotatable bonds is 1. The number of carbonyl (C=O) groups excluding carboxylic acids is 1. The normalized spacial score (nSPS) is 26.1. The lowest BCUT2D eigenvalue weighted by molar-refractivity contribution is -0.135. The highest BCUT2D eigenvalue weighted by Gasteiger charge is 2.20. The van der Waals surface area contributed by atoms with Gasteiger partial charge in [-0.15, -0.1) is 0 Å². The van der Waals surface area contributed by atoms with E-state index in [2.05, 4.69) is 4.74 Å². The van der Waals surface area contributed by atoms with Crippen molar-refractivity contribution in [1.82, 2.24) is 0 Å². The highest BCUT2D eigenvalue weighted by molar-refractivity contribution is 5.91. The van der Waals surface area contributed by atoms with Crippen LogP contribution in [0.25, 0.3) is 0 Å². The third kappa shape index (κ3) is 1.95. The highest BCUT2D eigenvalue weighted by atomic mass is 16.5. The first kappa shape index (κ1) is 9.49. The standard InChI is InChI=1S/C9H9NO3/c1-13-9(12)6-2-3-8(11)7(4-6)5-10/h2-4,7-8,11H,1H3/t7?,8-/m0/s1. The first-order valence-electron chi connectivity index (χ1n) is 3.75. The monoisotopic (exact) mass is 179 g/mol. The minimum Gasteiger partial charge on any atom is -0.465 e. The number of nitriles is 1. The maximum Gasteiger partial charge on any atom is 0.337 e. The van der Waals surface area contributed by atoms with E-state index in [4.69, 9.17) is 5.26 Å². The van der Waals surface area contributed by atoms with Gasteiger partial charge in [0.2, 0.25) is 0 Å². The van der Waals surface area contributed by atoms with Gasteiger partial charge in [0.05, 0.1) is 30.8 Å². The summed E-state index contributed by atoms with van der Waals surface area (Å²) >= 11 is 0. The van der Waals surface area contributed by atoms with Crippen LogP contribution < -0.4 is 0 Å². The van der Waals surface area contributed by atoms with Crippen LogP contribution in [-0.4, -0.2) is 24.3 Å². The van der Waals surface area contributed by atoms with Gasteiger partial charge in [-0.25, -0.2) is 4.79 Å². The molecule has 1 aliphatic rings. The molecule has 1 aliphatic carbocycles. The summed E-state index contributed by atoms with van der Waals surface area (Å²) in [7, 11) is 1.27. The Balaban J connectivity index is 2.86. The van der Waals surface area contributed by atoms with Crippen LogP contribution in [0.3, 0.4) is 0 Å². The molecule has 0 aromatic carbocycles. The third-order valence-electron chi connectivity index (χ3n) is 1.77. The molecule has 4 nitrogen and oxygen atoms in total. The molecule has 0 bridgehead atoms. The Kier molecular flexibility index (Phi) is 2.83. The molecular formula is C9H9NO3. The van der Waals surface area contributed by atoms with Crippen LogP contribution in [0, 0.1) is 17.2 Å². The van der Waals surface area contributed by atoms with Crippen LogP contribution in [0.4, 0.5) is 0 Å². The van der Waals surface area contributed by atoms with Crippen molar-refractivity contribution in [2.75, 3.05) is 7.11 Å². The van der Waals surface area contributed by atoms with Crippen LogP contribution in [0.2, 0.25) is 0 Å². The summed E-state index contributed by atoms with van der Waals surface area (Å²) in [6, 6.07) is 1.88. The van der Waals surface area contributed by atoms with E-state index < -0.39 is 18.0 Å². The van der Waals surface area contributed by atoms with Gasteiger partial charge in [-0.3, -0.25) is 0 Å². The Morgan fingerprint density at radius 2 is 2.46 bits per heavy atom. The summed E-state index contributed by atoms with van der Waals surface area (Å²) in [6.45, 7) is 0. The van der Waals surface area contributed by atoms with Gasteiger partial charge in [-0.2, -0.15) is 5.26 Å². The molecule has 0 radical (unpaired) electrons.